The molecule has 0 unspecified atom stereocenters. The lowest BCUT2D eigenvalue weighted by Crippen LogP contribution is -2.16. The third-order valence-electron chi connectivity index (χ3n) is 5.27. The summed E-state index contributed by atoms with van der Waals surface area (Å²) in [5.41, 5.74) is 1.63. The first-order chi connectivity index (χ1) is 16.1. The molecule has 33 heavy (non-hydrogen) atoms. The van der Waals surface area contributed by atoms with E-state index in [1.54, 1.807) is 54.6 Å². The number of furan rings is 1. The molecule has 0 saturated carbocycles. The Hall–Kier alpha value is -4.26. The van der Waals surface area contributed by atoms with Crippen LogP contribution in [-0.4, -0.2) is 31.5 Å². The van der Waals surface area contributed by atoms with Crippen LogP contribution in [0.15, 0.2) is 71.1 Å². The minimum absolute atomic E-state index is 0.0483. The van der Waals surface area contributed by atoms with Crippen LogP contribution in [0.5, 0.6) is 17.2 Å². The molecule has 0 spiro atoms. The van der Waals surface area contributed by atoms with E-state index in [2.05, 4.69) is 5.32 Å². The van der Waals surface area contributed by atoms with E-state index in [9.17, 15) is 9.59 Å². The second-order valence-electron chi connectivity index (χ2n) is 7.40. The van der Waals surface area contributed by atoms with Gasteiger partial charge in [0.05, 0.1) is 12.3 Å². The minimum atomic E-state index is -0.370. The third kappa shape index (κ3) is 4.01. The monoisotopic (exact) mass is 443 g/mol. The van der Waals surface area contributed by atoms with Gasteiger partial charge in [-0.1, -0.05) is 12.1 Å². The van der Waals surface area contributed by atoms with Crippen molar-refractivity contribution in [3.63, 3.8) is 0 Å². The fourth-order valence-electron chi connectivity index (χ4n) is 3.70. The highest BCUT2D eigenvalue weighted by molar-refractivity contribution is 6.19. The summed E-state index contributed by atoms with van der Waals surface area (Å²) in [6, 6.07) is 19.0. The smallest absolute Gasteiger partial charge is 0.255 e. The van der Waals surface area contributed by atoms with Gasteiger partial charge in [0.25, 0.3) is 5.91 Å². The number of hydrogen-bond acceptors (Lipinski definition) is 6. The molecule has 2 heterocycles. The van der Waals surface area contributed by atoms with Crippen LogP contribution in [0.2, 0.25) is 0 Å². The van der Waals surface area contributed by atoms with E-state index in [0.29, 0.717) is 64.9 Å². The van der Waals surface area contributed by atoms with E-state index in [1.807, 2.05) is 19.1 Å². The topological polar surface area (TPSA) is 87.0 Å². The lowest BCUT2D eigenvalue weighted by Gasteiger charge is -2.18. The average molecular weight is 443 g/mol. The molecule has 5 rings (SSSR count). The average Bonchev–Trinajstić information content (AvgIpc) is 3.22. The molecule has 1 aliphatic heterocycles. The van der Waals surface area contributed by atoms with Gasteiger partial charge in [-0.05, 0) is 61.5 Å². The molecule has 0 aliphatic carbocycles. The van der Waals surface area contributed by atoms with Crippen molar-refractivity contribution >= 4 is 28.3 Å². The number of anilines is 1. The quantitative estimate of drug-likeness (QED) is 0.418. The van der Waals surface area contributed by atoms with E-state index in [0.717, 1.165) is 0 Å². The molecule has 1 amide bonds. The Labute approximate surface area is 189 Å². The van der Waals surface area contributed by atoms with E-state index in [1.165, 1.54) is 0 Å². The van der Waals surface area contributed by atoms with Crippen LogP contribution in [-0.2, 0) is 0 Å². The molecule has 7 heteroatoms. The Balaban J connectivity index is 1.50. The van der Waals surface area contributed by atoms with Crippen molar-refractivity contribution in [1.82, 2.24) is 0 Å². The van der Waals surface area contributed by atoms with Crippen LogP contribution in [0.1, 0.15) is 33.4 Å². The van der Waals surface area contributed by atoms with Gasteiger partial charge in [-0.15, -0.1) is 0 Å². The molecule has 4 aromatic rings. The van der Waals surface area contributed by atoms with Crippen molar-refractivity contribution in [3.8, 4) is 17.2 Å². The van der Waals surface area contributed by atoms with E-state index in [4.69, 9.17) is 18.6 Å². The fourth-order valence-corrected chi connectivity index (χ4v) is 3.70. The number of para-hydroxylation sites is 1. The molecule has 0 bridgehead atoms. The SMILES string of the molecule is CCOc1ccc(C(=O)Nc2c(C(=O)c3ccc4c(c3)OCCO4)oc3ccccc23)cc1. The predicted molar refractivity (Wildman–Crippen MR) is 123 cm³/mol. The molecule has 0 fully saturated rings. The molecule has 0 radical (unpaired) electrons. The summed E-state index contributed by atoms with van der Waals surface area (Å²) in [6.45, 7) is 3.31. The van der Waals surface area contributed by atoms with Gasteiger partial charge in [0, 0.05) is 16.5 Å². The van der Waals surface area contributed by atoms with Crippen LogP contribution in [0.3, 0.4) is 0 Å². The Morgan fingerprint density at radius 1 is 0.909 bits per heavy atom. The third-order valence-corrected chi connectivity index (χ3v) is 5.27. The molecular formula is C26H21NO6. The van der Waals surface area contributed by atoms with Crippen LogP contribution >= 0.6 is 0 Å². The van der Waals surface area contributed by atoms with E-state index >= 15 is 0 Å². The number of nitrogens with one attached hydrogen (secondary N) is 1. The summed E-state index contributed by atoms with van der Waals surface area (Å²) in [7, 11) is 0. The molecule has 0 saturated heterocycles. The van der Waals surface area contributed by atoms with Gasteiger partial charge in [-0.25, -0.2) is 0 Å². The highest BCUT2D eigenvalue weighted by Crippen LogP contribution is 2.35. The number of amides is 1. The van der Waals surface area contributed by atoms with Gasteiger partial charge in [0.2, 0.25) is 5.78 Å². The number of ketones is 1. The number of benzene rings is 3. The summed E-state index contributed by atoms with van der Waals surface area (Å²) in [6.07, 6.45) is 0. The molecule has 0 atom stereocenters. The van der Waals surface area contributed by atoms with Crippen molar-refractivity contribution in [2.75, 3.05) is 25.1 Å². The molecular weight excluding hydrogens is 422 g/mol. The number of carbonyl (C=O) groups is 2. The molecule has 1 aromatic heterocycles. The van der Waals surface area contributed by atoms with Crippen molar-refractivity contribution in [3.05, 3.63) is 83.6 Å². The molecule has 3 aromatic carbocycles. The number of rotatable bonds is 6. The summed E-state index contributed by atoms with van der Waals surface area (Å²) < 4.78 is 22.5. The second kappa shape index (κ2) is 8.70. The van der Waals surface area contributed by atoms with Crippen LogP contribution < -0.4 is 19.5 Å². The van der Waals surface area contributed by atoms with Crippen LogP contribution in [0.25, 0.3) is 11.0 Å². The summed E-state index contributed by atoms with van der Waals surface area (Å²) in [5.74, 6) is 1.09. The Morgan fingerprint density at radius 2 is 1.64 bits per heavy atom. The standard InChI is InChI=1S/C26H21NO6/c1-2-30-18-10-7-16(8-11-18)26(29)27-23-19-5-3-4-6-20(19)33-25(23)24(28)17-9-12-21-22(15-17)32-14-13-31-21/h3-12,15H,2,13-14H2,1H3,(H,27,29). The highest BCUT2D eigenvalue weighted by Gasteiger charge is 2.25. The summed E-state index contributed by atoms with van der Waals surface area (Å²) in [4.78, 5) is 26.4. The number of carbonyl (C=O) groups excluding carboxylic acids is 2. The van der Waals surface area contributed by atoms with Gasteiger partial charge in [0.1, 0.15) is 24.5 Å². The fraction of sp³-hybridized carbons (Fsp3) is 0.154. The van der Waals surface area contributed by atoms with Gasteiger partial charge < -0.3 is 23.9 Å². The number of fused-ring (bicyclic) bond motifs is 2. The Morgan fingerprint density at radius 3 is 2.42 bits per heavy atom. The van der Waals surface area contributed by atoms with Crippen LogP contribution in [0, 0.1) is 0 Å². The minimum Gasteiger partial charge on any atom is -0.494 e. The van der Waals surface area contributed by atoms with E-state index in [-0.39, 0.29) is 17.5 Å². The van der Waals surface area contributed by atoms with Crippen molar-refractivity contribution in [2.45, 2.75) is 6.92 Å². The zero-order valence-electron chi connectivity index (χ0n) is 17.9. The zero-order valence-corrected chi connectivity index (χ0v) is 17.9. The molecule has 166 valence electrons. The van der Waals surface area contributed by atoms with Crippen molar-refractivity contribution in [2.24, 2.45) is 0 Å². The van der Waals surface area contributed by atoms with Gasteiger partial charge in [0.15, 0.2) is 17.3 Å². The first-order valence-electron chi connectivity index (χ1n) is 10.6. The summed E-state index contributed by atoms with van der Waals surface area (Å²) >= 11 is 0. The maximum atomic E-state index is 13.4. The maximum absolute atomic E-state index is 13.4. The van der Waals surface area contributed by atoms with Gasteiger partial charge >= 0.3 is 0 Å². The lowest BCUT2D eigenvalue weighted by molar-refractivity contribution is 0.101. The summed E-state index contributed by atoms with van der Waals surface area (Å²) in [5, 5.41) is 3.50. The molecule has 1 aliphatic rings. The number of hydrogen-bond donors (Lipinski definition) is 1. The van der Waals surface area contributed by atoms with Crippen molar-refractivity contribution in [1.29, 1.82) is 0 Å². The molecule has 7 nitrogen and oxygen atoms in total. The second-order valence-corrected chi connectivity index (χ2v) is 7.40. The molecule has 1 N–H and O–H groups in total. The maximum Gasteiger partial charge on any atom is 0.255 e. The first-order valence-corrected chi connectivity index (χ1v) is 10.6. The first kappa shape index (κ1) is 20.6. The Kier molecular flexibility index (Phi) is 5.44. The zero-order chi connectivity index (χ0) is 22.8. The van der Waals surface area contributed by atoms with Gasteiger partial charge in [-0.3, -0.25) is 9.59 Å². The number of ether oxygens (including phenoxy) is 3. The van der Waals surface area contributed by atoms with E-state index < -0.39 is 0 Å². The van der Waals surface area contributed by atoms with Crippen molar-refractivity contribution < 1.29 is 28.2 Å². The highest BCUT2D eigenvalue weighted by atomic mass is 16.6. The van der Waals surface area contributed by atoms with Crippen LogP contribution in [0.4, 0.5) is 5.69 Å². The Bertz CT molecular complexity index is 1340. The van der Waals surface area contributed by atoms with Gasteiger partial charge in [-0.2, -0.15) is 0 Å². The lowest BCUT2D eigenvalue weighted by atomic mass is 10.1. The normalized spacial score (nSPS) is 12.4. The largest absolute Gasteiger partial charge is 0.494 e. The predicted octanol–water partition coefficient (Wildman–Crippen LogP) is 5.09.